The number of para-hydroxylation sites is 1. The minimum Gasteiger partial charge on any atom is -0.454 e. The molecule has 0 fully saturated rings. The van der Waals surface area contributed by atoms with E-state index in [4.69, 9.17) is 9.88 Å². The summed E-state index contributed by atoms with van der Waals surface area (Å²) in [5.74, 6) is 0.749. The van der Waals surface area contributed by atoms with Crippen molar-refractivity contribution in [2.24, 2.45) is 5.14 Å². The minimum absolute atomic E-state index is 0.0377. The number of sulfonamides is 1. The van der Waals surface area contributed by atoms with E-state index < -0.39 is 10.0 Å². The molecule has 0 saturated heterocycles. The van der Waals surface area contributed by atoms with E-state index in [9.17, 15) is 8.42 Å². The maximum Gasteiger partial charge on any atom is 0.241 e. The normalized spacial score (nSPS) is 11.2. The molecule has 0 aliphatic rings. The number of nitrogens with one attached hydrogen (secondary N) is 1. The summed E-state index contributed by atoms with van der Waals surface area (Å²) in [5, 5.41) is 8.98. The third kappa shape index (κ3) is 4.00. The Morgan fingerprint density at radius 3 is 2.45 bits per heavy atom. The Labute approximate surface area is 138 Å². The third-order valence-corrected chi connectivity index (χ3v) is 4.47. The number of benzene rings is 2. The van der Waals surface area contributed by atoms with Gasteiger partial charge in [-0.25, -0.2) is 13.6 Å². The Morgan fingerprint density at radius 1 is 1.23 bits per heavy atom. The first-order valence-corrected chi connectivity index (χ1v) is 9.35. The van der Waals surface area contributed by atoms with Crippen molar-refractivity contribution >= 4 is 31.6 Å². The number of nitrogens with two attached hydrogens (primary N) is 1. The maximum atomic E-state index is 11.9. The number of alkyl halides is 1. The molecule has 2 aromatic carbocycles. The third-order valence-electron chi connectivity index (χ3n) is 2.91. The van der Waals surface area contributed by atoms with Crippen molar-refractivity contribution in [1.82, 2.24) is 0 Å². The van der Waals surface area contributed by atoms with E-state index in [1.165, 1.54) is 6.07 Å². The fourth-order valence-electron chi connectivity index (χ4n) is 1.98. The molecule has 0 unspecified atom stereocenters. The van der Waals surface area contributed by atoms with Crippen molar-refractivity contribution in [2.45, 2.75) is 17.1 Å². The van der Waals surface area contributed by atoms with Crippen LogP contribution in [-0.2, 0) is 15.4 Å². The van der Waals surface area contributed by atoms with Crippen LogP contribution in [0.3, 0.4) is 0 Å². The summed E-state index contributed by atoms with van der Waals surface area (Å²) in [4.78, 5) is -0.0377. The molecule has 118 valence electrons. The largest absolute Gasteiger partial charge is 0.454 e. The predicted octanol–water partition coefficient (Wildman–Crippen LogP) is 3.45. The Kier molecular flexibility index (Phi) is 5.44. The van der Waals surface area contributed by atoms with Gasteiger partial charge in [0.15, 0.2) is 5.75 Å². The van der Waals surface area contributed by atoms with Crippen LogP contribution in [0.25, 0.3) is 0 Å². The van der Waals surface area contributed by atoms with Crippen LogP contribution in [0.5, 0.6) is 11.5 Å². The number of rotatable bonds is 6. The highest BCUT2D eigenvalue weighted by Crippen LogP contribution is 2.37. The van der Waals surface area contributed by atoms with Crippen LogP contribution in [0, 0.1) is 0 Å². The van der Waals surface area contributed by atoms with Gasteiger partial charge in [0.1, 0.15) is 10.6 Å². The first-order valence-electron chi connectivity index (χ1n) is 6.68. The first-order chi connectivity index (χ1) is 10.5. The summed E-state index contributed by atoms with van der Waals surface area (Å²) >= 11 is 3.33. The lowest BCUT2D eigenvalue weighted by Crippen LogP contribution is -2.15. The van der Waals surface area contributed by atoms with Gasteiger partial charge in [-0.1, -0.05) is 34.1 Å². The molecule has 2 aromatic rings. The number of hydrogen-bond donors (Lipinski definition) is 2. The molecular weight excluding hydrogens is 368 g/mol. The van der Waals surface area contributed by atoms with Gasteiger partial charge < -0.3 is 10.1 Å². The highest BCUT2D eigenvalue weighted by atomic mass is 79.9. The van der Waals surface area contributed by atoms with E-state index in [1.54, 1.807) is 12.1 Å². The molecule has 0 aliphatic carbocycles. The number of anilines is 1. The van der Waals surface area contributed by atoms with Gasteiger partial charge in [-0.2, -0.15) is 0 Å². The molecule has 2 rings (SSSR count). The highest BCUT2D eigenvalue weighted by Gasteiger charge is 2.21. The molecule has 0 saturated carbocycles. The van der Waals surface area contributed by atoms with Gasteiger partial charge in [0, 0.05) is 11.9 Å². The summed E-state index contributed by atoms with van der Waals surface area (Å²) < 4.78 is 29.6. The van der Waals surface area contributed by atoms with Crippen molar-refractivity contribution in [1.29, 1.82) is 0 Å². The van der Waals surface area contributed by atoms with E-state index in [0.717, 1.165) is 5.56 Å². The molecule has 0 aliphatic heterocycles. The van der Waals surface area contributed by atoms with Crippen LogP contribution < -0.4 is 15.2 Å². The molecule has 7 heteroatoms. The molecule has 0 amide bonds. The average molecular weight is 385 g/mol. The fraction of sp³-hybridized carbons (Fsp3) is 0.200. The molecule has 0 radical (unpaired) electrons. The predicted molar refractivity (Wildman–Crippen MR) is 91.1 cm³/mol. The smallest absolute Gasteiger partial charge is 0.241 e. The summed E-state index contributed by atoms with van der Waals surface area (Å²) in [6, 6.07) is 12.3. The van der Waals surface area contributed by atoms with Gasteiger partial charge >= 0.3 is 0 Å². The molecule has 0 aromatic heterocycles. The molecular formula is C15H17BrN2O3S. The minimum atomic E-state index is -3.91. The molecule has 22 heavy (non-hydrogen) atoms. The fourth-order valence-corrected chi connectivity index (χ4v) is 3.03. The van der Waals surface area contributed by atoms with E-state index in [2.05, 4.69) is 21.2 Å². The molecule has 3 N–H and O–H groups in total. The van der Waals surface area contributed by atoms with Crippen molar-refractivity contribution < 1.29 is 13.2 Å². The van der Waals surface area contributed by atoms with Gasteiger partial charge in [0.25, 0.3) is 0 Å². The van der Waals surface area contributed by atoms with Gasteiger partial charge in [-0.3, -0.25) is 0 Å². The lowest BCUT2D eigenvalue weighted by molar-refractivity contribution is 0.469. The Hall–Kier alpha value is -1.57. The number of hydrogen-bond acceptors (Lipinski definition) is 4. The molecule has 0 heterocycles. The monoisotopic (exact) mass is 384 g/mol. The van der Waals surface area contributed by atoms with Crippen LogP contribution >= 0.6 is 15.9 Å². The summed E-state index contributed by atoms with van der Waals surface area (Å²) in [5.41, 5.74) is 1.38. The Bertz CT molecular complexity index is 749. The zero-order chi connectivity index (χ0) is 16.2. The lowest BCUT2D eigenvalue weighted by Gasteiger charge is -2.17. The van der Waals surface area contributed by atoms with Crippen LogP contribution in [-0.4, -0.2) is 15.0 Å². The summed E-state index contributed by atoms with van der Waals surface area (Å²) in [6.45, 7) is 2.55. The van der Waals surface area contributed by atoms with Crippen LogP contribution in [0.4, 0.5) is 5.69 Å². The van der Waals surface area contributed by atoms with Crippen molar-refractivity contribution in [3.63, 3.8) is 0 Å². The maximum absolute atomic E-state index is 11.9. The number of halogens is 1. The Balaban J connectivity index is 2.61. The zero-order valence-corrected chi connectivity index (χ0v) is 14.4. The standard InChI is InChI=1S/C15H17BrN2O3S/c1-2-18-13-8-11(10-16)9-14(22(17,19)20)15(13)21-12-6-4-3-5-7-12/h3-9,18H,2,10H2,1H3,(H2,17,19,20). The highest BCUT2D eigenvalue weighted by molar-refractivity contribution is 9.08. The van der Waals surface area contributed by atoms with E-state index in [0.29, 0.717) is 23.3 Å². The van der Waals surface area contributed by atoms with Gasteiger partial charge in [-0.15, -0.1) is 0 Å². The van der Waals surface area contributed by atoms with Crippen LogP contribution in [0.15, 0.2) is 47.4 Å². The van der Waals surface area contributed by atoms with Gasteiger partial charge in [-0.05, 0) is 36.8 Å². The van der Waals surface area contributed by atoms with Crippen molar-refractivity contribution in [3.05, 3.63) is 48.0 Å². The first kappa shape index (κ1) is 16.8. The molecule has 5 nitrogen and oxygen atoms in total. The number of ether oxygens (including phenoxy) is 1. The molecule has 0 bridgehead atoms. The van der Waals surface area contributed by atoms with E-state index in [-0.39, 0.29) is 10.6 Å². The second kappa shape index (κ2) is 7.13. The lowest BCUT2D eigenvalue weighted by atomic mass is 10.2. The molecule has 0 spiro atoms. The van der Waals surface area contributed by atoms with Crippen LogP contribution in [0.1, 0.15) is 12.5 Å². The second-order valence-electron chi connectivity index (χ2n) is 4.59. The Morgan fingerprint density at radius 2 is 1.91 bits per heavy atom. The quantitative estimate of drug-likeness (QED) is 0.747. The van der Waals surface area contributed by atoms with E-state index >= 15 is 0 Å². The number of primary sulfonamides is 1. The molecule has 0 atom stereocenters. The average Bonchev–Trinajstić information content (AvgIpc) is 2.49. The van der Waals surface area contributed by atoms with Crippen LogP contribution in [0.2, 0.25) is 0 Å². The second-order valence-corrected chi connectivity index (χ2v) is 6.69. The SMILES string of the molecule is CCNc1cc(CBr)cc(S(N)(=O)=O)c1Oc1ccccc1. The summed E-state index contributed by atoms with van der Waals surface area (Å²) in [6.07, 6.45) is 0. The topological polar surface area (TPSA) is 81.4 Å². The summed E-state index contributed by atoms with van der Waals surface area (Å²) in [7, 11) is -3.91. The van der Waals surface area contributed by atoms with Crippen molar-refractivity contribution in [2.75, 3.05) is 11.9 Å². The van der Waals surface area contributed by atoms with Crippen molar-refractivity contribution in [3.8, 4) is 11.5 Å². The van der Waals surface area contributed by atoms with Gasteiger partial charge in [0.05, 0.1) is 5.69 Å². The zero-order valence-electron chi connectivity index (χ0n) is 12.0. The van der Waals surface area contributed by atoms with E-state index in [1.807, 2.05) is 31.2 Å². The van der Waals surface area contributed by atoms with Gasteiger partial charge in [0.2, 0.25) is 10.0 Å².